The lowest BCUT2D eigenvalue weighted by Gasteiger charge is -2.08. The molecule has 4 nitrogen and oxygen atoms in total. The Morgan fingerprint density at radius 2 is 2.12 bits per heavy atom. The maximum atomic E-state index is 11.7. The predicted octanol–water partition coefficient (Wildman–Crippen LogP) is 1.61. The molecule has 2 rings (SSSR count). The highest BCUT2D eigenvalue weighted by Gasteiger charge is 2.20. The number of hydrogen-bond acceptors (Lipinski definition) is 3. The maximum Gasteiger partial charge on any atom is 0.241 e. The fourth-order valence-corrected chi connectivity index (χ4v) is 3.38. The van der Waals surface area contributed by atoms with Gasteiger partial charge in [-0.15, -0.1) is 0 Å². The van der Waals surface area contributed by atoms with E-state index in [4.69, 9.17) is 0 Å². The molecule has 0 spiro atoms. The third-order valence-corrected chi connectivity index (χ3v) is 5.12. The van der Waals surface area contributed by atoms with Gasteiger partial charge in [-0.2, -0.15) is 0 Å². The maximum absolute atomic E-state index is 11.7. The fraction of sp³-hybridized carbons (Fsp3) is 0.455. The Balaban J connectivity index is 2.15. The molecule has 1 saturated carbocycles. The summed E-state index contributed by atoms with van der Waals surface area (Å²) in [5.41, 5.74) is 1.08. The lowest BCUT2D eigenvalue weighted by atomic mass is 10.2. The van der Waals surface area contributed by atoms with Crippen molar-refractivity contribution >= 4 is 26.0 Å². The van der Waals surface area contributed by atoms with Crippen LogP contribution in [0.1, 0.15) is 18.4 Å². The molecule has 0 amide bonds. The highest BCUT2D eigenvalue weighted by Crippen LogP contribution is 2.24. The second-order valence-corrected chi connectivity index (χ2v) is 6.84. The Kier molecular flexibility index (Phi) is 3.87. The molecule has 2 N–H and O–H groups in total. The number of sulfonamides is 1. The summed E-state index contributed by atoms with van der Waals surface area (Å²) >= 11 is 3.30. The summed E-state index contributed by atoms with van der Waals surface area (Å²) < 4.78 is 26.2. The Morgan fingerprint density at radius 3 is 2.65 bits per heavy atom. The van der Waals surface area contributed by atoms with Crippen LogP contribution in [-0.2, 0) is 16.6 Å². The molecule has 0 unspecified atom stereocenters. The van der Waals surface area contributed by atoms with E-state index in [1.54, 1.807) is 6.07 Å². The summed E-state index contributed by atoms with van der Waals surface area (Å²) in [7, 11) is -1.97. The van der Waals surface area contributed by atoms with Crippen molar-refractivity contribution in [3.63, 3.8) is 0 Å². The third kappa shape index (κ3) is 3.28. The molecule has 0 heterocycles. The van der Waals surface area contributed by atoms with Crippen LogP contribution in [0.2, 0.25) is 0 Å². The van der Waals surface area contributed by atoms with Gasteiger partial charge < -0.3 is 5.32 Å². The van der Waals surface area contributed by atoms with E-state index in [2.05, 4.69) is 26.0 Å². The zero-order chi connectivity index (χ0) is 12.5. The fourth-order valence-electron chi connectivity index (χ4n) is 1.53. The Labute approximate surface area is 110 Å². The highest BCUT2D eigenvalue weighted by atomic mass is 79.9. The molecule has 1 aliphatic rings. The van der Waals surface area contributed by atoms with Crippen LogP contribution in [0.5, 0.6) is 0 Å². The van der Waals surface area contributed by atoms with Crippen molar-refractivity contribution in [3.05, 3.63) is 28.2 Å². The number of nitrogens with one attached hydrogen (secondary N) is 2. The van der Waals surface area contributed by atoms with E-state index in [-0.39, 0.29) is 4.90 Å². The SMILES string of the molecule is CNS(=O)(=O)c1ccc(CNC2CC2)cc1Br. The molecule has 0 atom stereocenters. The van der Waals surface area contributed by atoms with Crippen LogP contribution < -0.4 is 10.0 Å². The van der Waals surface area contributed by atoms with Crippen LogP contribution in [0.15, 0.2) is 27.6 Å². The van der Waals surface area contributed by atoms with Gasteiger partial charge in [0, 0.05) is 17.1 Å². The van der Waals surface area contributed by atoms with Gasteiger partial charge in [-0.05, 0) is 53.5 Å². The lowest BCUT2D eigenvalue weighted by Crippen LogP contribution is -2.19. The Bertz CT molecular complexity index is 512. The molecule has 0 radical (unpaired) electrons. The number of benzene rings is 1. The average Bonchev–Trinajstić information content (AvgIpc) is 3.10. The summed E-state index contributed by atoms with van der Waals surface area (Å²) in [5.74, 6) is 0. The van der Waals surface area contributed by atoms with Crippen LogP contribution in [0.25, 0.3) is 0 Å². The van der Waals surface area contributed by atoms with Crippen molar-refractivity contribution in [3.8, 4) is 0 Å². The van der Waals surface area contributed by atoms with Crippen LogP contribution in [0.4, 0.5) is 0 Å². The highest BCUT2D eigenvalue weighted by molar-refractivity contribution is 9.10. The lowest BCUT2D eigenvalue weighted by molar-refractivity contribution is 0.587. The predicted molar refractivity (Wildman–Crippen MR) is 70.2 cm³/mol. The minimum Gasteiger partial charge on any atom is -0.310 e. The van der Waals surface area contributed by atoms with E-state index in [9.17, 15) is 8.42 Å². The summed E-state index contributed by atoms with van der Waals surface area (Å²) in [6, 6.07) is 5.96. The minimum absolute atomic E-state index is 0.273. The van der Waals surface area contributed by atoms with E-state index in [1.165, 1.54) is 19.9 Å². The monoisotopic (exact) mass is 318 g/mol. The van der Waals surface area contributed by atoms with Crippen LogP contribution in [0.3, 0.4) is 0 Å². The molecule has 1 aromatic carbocycles. The average molecular weight is 319 g/mol. The molecule has 1 aliphatic carbocycles. The molecule has 1 fully saturated rings. The Hall–Kier alpha value is -0.430. The van der Waals surface area contributed by atoms with E-state index < -0.39 is 10.0 Å². The first kappa shape index (κ1) is 13.0. The van der Waals surface area contributed by atoms with E-state index in [0.29, 0.717) is 10.5 Å². The second-order valence-electron chi connectivity index (χ2n) is 4.13. The van der Waals surface area contributed by atoms with Crippen LogP contribution in [0, 0.1) is 0 Å². The zero-order valence-electron chi connectivity index (χ0n) is 9.53. The number of halogens is 1. The van der Waals surface area contributed by atoms with Gasteiger partial charge in [0.2, 0.25) is 10.0 Å². The van der Waals surface area contributed by atoms with Gasteiger partial charge in [0.15, 0.2) is 0 Å². The quantitative estimate of drug-likeness (QED) is 0.867. The molecule has 0 aromatic heterocycles. The van der Waals surface area contributed by atoms with Crippen molar-refractivity contribution in [2.75, 3.05) is 7.05 Å². The molecule has 1 aromatic rings. The molecule has 6 heteroatoms. The van der Waals surface area contributed by atoms with Gasteiger partial charge in [-0.3, -0.25) is 0 Å². The largest absolute Gasteiger partial charge is 0.310 e. The summed E-state index contributed by atoms with van der Waals surface area (Å²) in [6.45, 7) is 0.781. The van der Waals surface area contributed by atoms with Crippen molar-refractivity contribution in [1.82, 2.24) is 10.0 Å². The minimum atomic E-state index is -3.38. The standard InChI is InChI=1S/C11H15BrN2O2S/c1-13-17(15,16)11-5-2-8(6-10(11)12)7-14-9-3-4-9/h2,5-6,9,13-14H,3-4,7H2,1H3. The summed E-state index contributed by atoms with van der Waals surface area (Å²) in [5, 5.41) is 3.39. The first-order chi connectivity index (χ1) is 8.03. The van der Waals surface area contributed by atoms with Gasteiger partial charge in [0.25, 0.3) is 0 Å². The second kappa shape index (κ2) is 5.06. The van der Waals surface area contributed by atoms with E-state index in [0.717, 1.165) is 12.1 Å². The topological polar surface area (TPSA) is 58.2 Å². The third-order valence-electron chi connectivity index (χ3n) is 2.73. The van der Waals surface area contributed by atoms with E-state index in [1.807, 2.05) is 12.1 Å². The molecular formula is C11H15BrN2O2S. The van der Waals surface area contributed by atoms with Gasteiger partial charge >= 0.3 is 0 Å². The van der Waals surface area contributed by atoms with Crippen molar-refractivity contribution < 1.29 is 8.42 Å². The van der Waals surface area contributed by atoms with Gasteiger partial charge in [0.05, 0.1) is 4.90 Å². The molecule has 0 saturated heterocycles. The van der Waals surface area contributed by atoms with Gasteiger partial charge in [-0.1, -0.05) is 6.07 Å². The number of rotatable bonds is 5. The first-order valence-corrected chi connectivity index (χ1v) is 7.76. The van der Waals surface area contributed by atoms with E-state index >= 15 is 0 Å². The van der Waals surface area contributed by atoms with Crippen LogP contribution >= 0.6 is 15.9 Å². The zero-order valence-corrected chi connectivity index (χ0v) is 11.9. The van der Waals surface area contributed by atoms with Crippen LogP contribution in [-0.4, -0.2) is 21.5 Å². The number of hydrogen-bond donors (Lipinski definition) is 2. The molecular weight excluding hydrogens is 304 g/mol. The molecule has 0 aliphatic heterocycles. The summed E-state index contributed by atoms with van der Waals surface area (Å²) in [4.78, 5) is 0.273. The summed E-state index contributed by atoms with van der Waals surface area (Å²) in [6.07, 6.45) is 2.49. The Morgan fingerprint density at radius 1 is 1.41 bits per heavy atom. The van der Waals surface area contributed by atoms with Gasteiger partial charge in [0.1, 0.15) is 0 Å². The van der Waals surface area contributed by atoms with Crippen molar-refractivity contribution in [2.45, 2.75) is 30.3 Å². The smallest absolute Gasteiger partial charge is 0.241 e. The molecule has 94 valence electrons. The van der Waals surface area contributed by atoms with Crippen molar-refractivity contribution in [2.24, 2.45) is 0 Å². The molecule has 0 bridgehead atoms. The van der Waals surface area contributed by atoms with Gasteiger partial charge in [-0.25, -0.2) is 13.1 Å². The van der Waals surface area contributed by atoms with Crippen molar-refractivity contribution in [1.29, 1.82) is 0 Å². The first-order valence-electron chi connectivity index (χ1n) is 5.48. The molecule has 17 heavy (non-hydrogen) atoms. The normalized spacial score (nSPS) is 16.1.